The molecule has 208 valence electrons. The summed E-state index contributed by atoms with van der Waals surface area (Å²) in [6, 6.07) is 3.57. The smallest absolute Gasteiger partial charge is 0.408 e. The third kappa shape index (κ3) is 10.3. The molecule has 0 radical (unpaired) electrons. The Morgan fingerprint density at radius 3 is 2.16 bits per heavy atom. The van der Waals surface area contributed by atoms with E-state index in [4.69, 9.17) is 9.47 Å². The number of ether oxygens (including phenoxy) is 2. The molecule has 1 rings (SSSR count). The summed E-state index contributed by atoms with van der Waals surface area (Å²) in [5.74, 6) is -1.37. The fourth-order valence-electron chi connectivity index (χ4n) is 3.80. The molecule has 0 aliphatic rings. The van der Waals surface area contributed by atoms with Crippen LogP contribution in [0.15, 0.2) is 18.2 Å². The number of esters is 1. The van der Waals surface area contributed by atoms with Gasteiger partial charge in [-0.3, -0.25) is 14.4 Å². The van der Waals surface area contributed by atoms with Crippen LogP contribution >= 0.6 is 12.6 Å². The van der Waals surface area contributed by atoms with Crippen molar-refractivity contribution in [2.45, 2.75) is 92.0 Å². The van der Waals surface area contributed by atoms with Crippen LogP contribution in [0.1, 0.15) is 77.6 Å². The van der Waals surface area contributed by atoms with Crippen LogP contribution in [-0.4, -0.2) is 64.9 Å². The number of alkyl carbamates (subject to hydrolysis) is 1. The van der Waals surface area contributed by atoms with Crippen LogP contribution in [0.2, 0.25) is 0 Å². The zero-order chi connectivity index (χ0) is 28.6. The highest BCUT2D eigenvalue weighted by Gasteiger charge is 2.42. The maximum atomic E-state index is 13.9. The number of rotatable bonds is 10. The lowest BCUT2D eigenvalue weighted by Crippen LogP contribution is -2.59. The number of hydrogen-bond donors (Lipinski definition) is 3. The second-order valence-electron chi connectivity index (χ2n) is 10.9. The van der Waals surface area contributed by atoms with Crippen LogP contribution in [0.3, 0.4) is 0 Å². The highest BCUT2D eigenvalue weighted by Crippen LogP contribution is 2.32. The topological polar surface area (TPSA) is 114 Å². The lowest BCUT2D eigenvalue weighted by Gasteiger charge is -2.43. The first-order chi connectivity index (χ1) is 17.0. The van der Waals surface area contributed by atoms with Crippen molar-refractivity contribution < 1.29 is 28.7 Å². The van der Waals surface area contributed by atoms with E-state index in [1.54, 1.807) is 27.7 Å². The van der Waals surface area contributed by atoms with Crippen LogP contribution in [0.5, 0.6) is 0 Å². The highest BCUT2D eigenvalue weighted by molar-refractivity contribution is 7.80. The lowest BCUT2D eigenvalue weighted by atomic mass is 9.92. The van der Waals surface area contributed by atoms with E-state index in [9.17, 15) is 19.2 Å². The van der Waals surface area contributed by atoms with Crippen molar-refractivity contribution in [3.8, 4) is 0 Å². The Bertz CT molecular complexity index is 968. The fraction of sp³-hybridized carbons (Fsp3) is 0.630. The number of hydrogen-bond acceptors (Lipinski definition) is 7. The molecule has 10 heteroatoms. The highest BCUT2D eigenvalue weighted by atomic mass is 32.1. The van der Waals surface area contributed by atoms with Gasteiger partial charge in [0.1, 0.15) is 17.7 Å². The van der Waals surface area contributed by atoms with Gasteiger partial charge in [-0.2, -0.15) is 12.6 Å². The number of nitrogens with one attached hydrogen (secondary N) is 2. The van der Waals surface area contributed by atoms with Crippen molar-refractivity contribution in [1.82, 2.24) is 15.5 Å². The predicted molar refractivity (Wildman–Crippen MR) is 147 cm³/mol. The van der Waals surface area contributed by atoms with Crippen molar-refractivity contribution in [3.63, 3.8) is 0 Å². The summed E-state index contributed by atoms with van der Waals surface area (Å²) < 4.78 is 10.3. The molecule has 0 saturated carbocycles. The molecule has 2 atom stereocenters. The van der Waals surface area contributed by atoms with Crippen molar-refractivity contribution >= 4 is 36.5 Å². The number of carbonyl (C=O) groups excluding carboxylic acids is 4. The second kappa shape index (κ2) is 13.7. The first-order valence-electron chi connectivity index (χ1n) is 12.5. The molecule has 0 bridgehead atoms. The molecule has 2 N–H and O–H groups in total. The molecule has 0 spiro atoms. The largest absolute Gasteiger partial charge is 0.466 e. The first-order valence-corrected chi connectivity index (χ1v) is 13.1. The Morgan fingerprint density at radius 2 is 1.68 bits per heavy atom. The van der Waals surface area contributed by atoms with E-state index in [1.807, 2.05) is 52.8 Å². The van der Waals surface area contributed by atoms with Gasteiger partial charge in [-0.05, 0) is 73.4 Å². The van der Waals surface area contributed by atoms with E-state index < -0.39 is 47.1 Å². The molecule has 0 heterocycles. The van der Waals surface area contributed by atoms with Crippen LogP contribution in [0.25, 0.3) is 0 Å². The van der Waals surface area contributed by atoms with E-state index in [2.05, 4.69) is 23.3 Å². The van der Waals surface area contributed by atoms with Crippen LogP contribution < -0.4 is 10.6 Å². The number of carbonyl (C=O) groups is 4. The summed E-state index contributed by atoms with van der Waals surface area (Å²) in [7, 11) is 0. The first kappa shape index (κ1) is 32.3. The van der Waals surface area contributed by atoms with Crippen molar-refractivity contribution in [2.24, 2.45) is 0 Å². The second-order valence-corrected chi connectivity index (χ2v) is 11.2. The summed E-state index contributed by atoms with van der Waals surface area (Å²) in [5.41, 5.74) is 0.899. The van der Waals surface area contributed by atoms with Crippen molar-refractivity contribution in [2.75, 3.05) is 18.9 Å². The minimum Gasteiger partial charge on any atom is -0.466 e. The molecule has 0 fully saturated rings. The summed E-state index contributed by atoms with van der Waals surface area (Å²) in [5, 5.41) is 5.38. The number of amides is 3. The van der Waals surface area contributed by atoms with Gasteiger partial charge in [-0.25, -0.2) is 4.79 Å². The Balaban J connectivity index is 3.45. The molecule has 1 aromatic rings. The normalized spacial score (nSPS) is 13.2. The minimum atomic E-state index is -1.04. The summed E-state index contributed by atoms with van der Waals surface area (Å²) in [6.07, 6.45) is -0.752. The summed E-state index contributed by atoms with van der Waals surface area (Å²) in [4.78, 5) is 53.3. The van der Waals surface area contributed by atoms with Crippen LogP contribution in [0.4, 0.5) is 4.79 Å². The molecule has 3 amide bonds. The maximum absolute atomic E-state index is 13.9. The average molecular weight is 538 g/mol. The molecule has 0 aromatic heterocycles. The summed E-state index contributed by atoms with van der Waals surface area (Å²) in [6.45, 7) is 16.5. The van der Waals surface area contributed by atoms with Crippen LogP contribution in [-0.2, 0) is 23.9 Å². The number of aryl methyl sites for hydroxylation is 2. The van der Waals surface area contributed by atoms with Gasteiger partial charge in [-0.1, -0.05) is 23.8 Å². The van der Waals surface area contributed by atoms with E-state index in [0.29, 0.717) is 5.56 Å². The van der Waals surface area contributed by atoms with E-state index in [0.717, 1.165) is 11.1 Å². The molecule has 0 aliphatic carbocycles. The number of nitrogens with zero attached hydrogens (tertiary/aromatic N) is 1. The van der Waals surface area contributed by atoms with Gasteiger partial charge in [0.2, 0.25) is 11.8 Å². The number of benzene rings is 1. The van der Waals surface area contributed by atoms with Crippen molar-refractivity contribution in [1.29, 1.82) is 0 Å². The van der Waals surface area contributed by atoms with Gasteiger partial charge in [0.15, 0.2) is 0 Å². The molecule has 0 saturated heterocycles. The molecule has 9 nitrogen and oxygen atoms in total. The van der Waals surface area contributed by atoms with Gasteiger partial charge >= 0.3 is 12.1 Å². The third-order valence-electron chi connectivity index (χ3n) is 5.29. The molecule has 1 aromatic carbocycles. The third-order valence-corrected chi connectivity index (χ3v) is 5.66. The number of thiol groups is 1. The molecule has 2 unspecified atom stereocenters. The van der Waals surface area contributed by atoms with E-state index in [-0.39, 0.29) is 25.3 Å². The zero-order valence-electron chi connectivity index (χ0n) is 23.6. The Hall–Kier alpha value is -2.75. The average Bonchev–Trinajstić information content (AvgIpc) is 2.74. The van der Waals surface area contributed by atoms with Crippen LogP contribution in [0, 0.1) is 13.8 Å². The Morgan fingerprint density at radius 1 is 1.05 bits per heavy atom. The summed E-state index contributed by atoms with van der Waals surface area (Å²) >= 11 is 4.30. The van der Waals surface area contributed by atoms with Gasteiger partial charge in [0.05, 0.1) is 13.0 Å². The van der Waals surface area contributed by atoms with Gasteiger partial charge in [-0.15, -0.1) is 0 Å². The maximum Gasteiger partial charge on any atom is 0.408 e. The standard InChI is InChI=1S/C27H43N3O6S/c1-10-35-21(31)13-14-28-23(32)22(19-12-11-17(2)15-18(19)3)30(26(4,5)6)24(33)20(16-37)29-25(34)36-27(7,8)9/h11-12,15,20,22,37H,10,13-14,16H2,1-9H3,(H,28,32)(H,29,34). The Labute approximate surface area is 226 Å². The van der Waals surface area contributed by atoms with Crippen molar-refractivity contribution in [3.05, 3.63) is 34.9 Å². The molecule has 0 aliphatic heterocycles. The fourth-order valence-corrected chi connectivity index (χ4v) is 4.04. The predicted octanol–water partition coefficient (Wildman–Crippen LogP) is 3.86. The minimum absolute atomic E-state index is 0.00209. The monoisotopic (exact) mass is 537 g/mol. The van der Waals surface area contributed by atoms with E-state index >= 15 is 0 Å². The zero-order valence-corrected chi connectivity index (χ0v) is 24.5. The van der Waals surface area contributed by atoms with Gasteiger partial charge in [0, 0.05) is 17.8 Å². The lowest BCUT2D eigenvalue weighted by molar-refractivity contribution is -0.148. The van der Waals surface area contributed by atoms with Gasteiger partial charge in [0.25, 0.3) is 0 Å². The SMILES string of the molecule is CCOC(=O)CCNC(=O)C(c1ccc(C)cc1C)N(C(=O)C(CS)NC(=O)OC(C)(C)C)C(C)(C)C. The Kier molecular flexibility index (Phi) is 11.9. The molecule has 37 heavy (non-hydrogen) atoms. The molecular formula is C27H43N3O6S. The quantitative estimate of drug-likeness (QED) is 0.309. The van der Waals surface area contributed by atoms with E-state index in [1.165, 1.54) is 4.90 Å². The van der Waals surface area contributed by atoms with Gasteiger partial charge < -0.3 is 25.0 Å². The molecular weight excluding hydrogens is 494 g/mol.